The van der Waals surface area contributed by atoms with Crippen molar-refractivity contribution in [3.63, 3.8) is 0 Å². The van der Waals surface area contributed by atoms with E-state index in [-0.39, 0.29) is 5.57 Å². The van der Waals surface area contributed by atoms with Crippen molar-refractivity contribution in [1.29, 1.82) is 0 Å². The van der Waals surface area contributed by atoms with Crippen molar-refractivity contribution in [2.24, 2.45) is 0 Å². The number of halogens is 1. The number of ether oxygens (including phenoxy) is 4. The smallest absolute Gasteiger partial charge is 0.348 e. The summed E-state index contributed by atoms with van der Waals surface area (Å²) in [6.07, 6.45) is 4.16. The van der Waals surface area contributed by atoms with E-state index in [4.69, 9.17) is 18.9 Å². The molecule has 0 unspecified atom stereocenters. The lowest BCUT2D eigenvalue weighted by Gasteiger charge is -2.32. The second-order valence-corrected chi connectivity index (χ2v) is 7.47. The van der Waals surface area contributed by atoms with Crippen molar-refractivity contribution < 1.29 is 33.3 Å². The lowest BCUT2D eigenvalue weighted by molar-refractivity contribution is -0.232. The summed E-state index contributed by atoms with van der Waals surface area (Å²) in [5.74, 6) is -2.31. The van der Waals surface area contributed by atoms with Crippen LogP contribution in [-0.2, 0) is 23.9 Å². The average molecular weight is 486 g/mol. The SMILES string of the molecule is CCOc1cc(C=C2C(=O)OC3(CCCC3)OC2=O)cc(I)c1OC(C)=O. The van der Waals surface area contributed by atoms with Crippen molar-refractivity contribution in [3.8, 4) is 11.5 Å². The van der Waals surface area contributed by atoms with Crippen molar-refractivity contribution in [3.05, 3.63) is 26.8 Å². The first-order valence-electron chi connectivity index (χ1n) is 8.67. The molecule has 0 aromatic heterocycles. The fraction of sp³-hybridized carbons (Fsp3) is 0.421. The average Bonchev–Trinajstić information content (AvgIpc) is 3.02. The molecule has 3 rings (SSSR count). The third-order valence-electron chi connectivity index (χ3n) is 4.25. The predicted octanol–water partition coefficient (Wildman–Crippen LogP) is 3.37. The van der Waals surface area contributed by atoms with E-state index < -0.39 is 23.7 Å². The van der Waals surface area contributed by atoms with Crippen LogP contribution in [0.4, 0.5) is 0 Å². The molecule has 0 bridgehead atoms. The quantitative estimate of drug-likeness (QED) is 0.212. The van der Waals surface area contributed by atoms with Gasteiger partial charge in [-0.3, -0.25) is 4.79 Å². The van der Waals surface area contributed by atoms with Gasteiger partial charge in [0.2, 0.25) is 0 Å². The lowest BCUT2D eigenvalue weighted by atomic mass is 10.1. The van der Waals surface area contributed by atoms with Gasteiger partial charge in [-0.25, -0.2) is 9.59 Å². The van der Waals surface area contributed by atoms with E-state index >= 15 is 0 Å². The molecule has 144 valence electrons. The van der Waals surface area contributed by atoms with Gasteiger partial charge in [0.05, 0.1) is 10.2 Å². The van der Waals surface area contributed by atoms with Crippen LogP contribution >= 0.6 is 22.6 Å². The maximum Gasteiger partial charge on any atom is 0.348 e. The number of carbonyl (C=O) groups is 3. The van der Waals surface area contributed by atoms with E-state index in [0.717, 1.165) is 12.8 Å². The van der Waals surface area contributed by atoms with E-state index in [9.17, 15) is 14.4 Å². The minimum Gasteiger partial charge on any atom is -0.490 e. The molecule has 0 N–H and O–H groups in total. The number of esters is 3. The van der Waals surface area contributed by atoms with Crippen LogP contribution in [0.2, 0.25) is 0 Å². The van der Waals surface area contributed by atoms with Crippen LogP contribution in [0.25, 0.3) is 6.08 Å². The molecule has 1 aliphatic heterocycles. The standard InChI is InChI=1S/C19H19IO7/c1-3-24-15-10-12(9-14(20)16(15)25-11(2)21)8-13-17(22)26-19(27-18(13)23)6-4-5-7-19/h8-10H,3-7H2,1-2H3. The Labute approximate surface area is 170 Å². The summed E-state index contributed by atoms with van der Waals surface area (Å²) < 4.78 is 22.2. The number of benzene rings is 1. The molecule has 1 aromatic carbocycles. The summed E-state index contributed by atoms with van der Waals surface area (Å²) in [7, 11) is 0. The summed E-state index contributed by atoms with van der Waals surface area (Å²) in [5, 5.41) is 0. The molecule has 2 fully saturated rings. The van der Waals surface area contributed by atoms with Gasteiger partial charge >= 0.3 is 17.9 Å². The Morgan fingerprint density at radius 1 is 1.22 bits per heavy atom. The summed E-state index contributed by atoms with van der Waals surface area (Å²) in [4.78, 5) is 36.1. The highest BCUT2D eigenvalue weighted by Crippen LogP contribution is 2.39. The molecule has 1 saturated heterocycles. The minimum atomic E-state index is -1.10. The summed E-state index contributed by atoms with van der Waals surface area (Å²) >= 11 is 2.00. The fourth-order valence-corrected chi connectivity index (χ4v) is 3.87. The van der Waals surface area contributed by atoms with E-state index in [2.05, 4.69) is 0 Å². The zero-order valence-electron chi connectivity index (χ0n) is 15.0. The molecule has 1 aromatic rings. The normalized spacial score (nSPS) is 18.1. The Morgan fingerprint density at radius 3 is 2.41 bits per heavy atom. The van der Waals surface area contributed by atoms with Gasteiger partial charge in [-0.2, -0.15) is 0 Å². The van der Waals surface area contributed by atoms with Crippen molar-refractivity contribution in [2.75, 3.05) is 6.61 Å². The fourth-order valence-electron chi connectivity index (χ4n) is 3.13. The van der Waals surface area contributed by atoms with E-state index in [1.165, 1.54) is 13.0 Å². The summed E-state index contributed by atoms with van der Waals surface area (Å²) in [6.45, 7) is 3.46. The van der Waals surface area contributed by atoms with Crippen molar-refractivity contribution >= 4 is 46.6 Å². The molecule has 0 amide bonds. The summed E-state index contributed by atoms with van der Waals surface area (Å²) in [5.41, 5.74) is 0.357. The van der Waals surface area contributed by atoms with Gasteiger partial charge in [-0.15, -0.1) is 0 Å². The number of hydrogen-bond donors (Lipinski definition) is 0. The summed E-state index contributed by atoms with van der Waals surface area (Å²) in [6, 6.07) is 3.27. The molecule has 1 saturated carbocycles. The first-order chi connectivity index (χ1) is 12.8. The monoisotopic (exact) mass is 486 g/mol. The molecule has 8 heteroatoms. The highest BCUT2D eigenvalue weighted by atomic mass is 127. The minimum absolute atomic E-state index is 0.175. The van der Waals surface area contributed by atoms with Crippen LogP contribution in [0.15, 0.2) is 17.7 Å². The Hall–Kier alpha value is -2.10. The Kier molecular flexibility index (Phi) is 5.73. The molecular weight excluding hydrogens is 467 g/mol. The molecule has 2 aliphatic rings. The third-order valence-corrected chi connectivity index (χ3v) is 5.05. The number of rotatable bonds is 4. The van der Waals surface area contributed by atoms with Crippen LogP contribution in [0.1, 0.15) is 45.1 Å². The first-order valence-corrected chi connectivity index (χ1v) is 9.74. The Morgan fingerprint density at radius 2 is 1.85 bits per heavy atom. The molecule has 27 heavy (non-hydrogen) atoms. The molecule has 1 heterocycles. The second-order valence-electron chi connectivity index (χ2n) is 6.31. The zero-order chi connectivity index (χ0) is 19.6. The zero-order valence-corrected chi connectivity index (χ0v) is 17.2. The van der Waals surface area contributed by atoms with Gasteiger partial charge in [0.1, 0.15) is 5.57 Å². The van der Waals surface area contributed by atoms with Gasteiger partial charge < -0.3 is 18.9 Å². The second kappa shape index (κ2) is 7.87. The molecule has 0 atom stereocenters. The van der Waals surface area contributed by atoms with Crippen LogP contribution < -0.4 is 9.47 Å². The van der Waals surface area contributed by atoms with Gasteiger partial charge in [-0.1, -0.05) is 0 Å². The maximum absolute atomic E-state index is 12.4. The third kappa shape index (κ3) is 4.26. The highest BCUT2D eigenvalue weighted by molar-refractivity contribution is 14.1. The van der Waals surface area contributed by atoms with E-state index in [0.29, 0.717) is 40.1 Å². The lowest BCUT2D eigenvalue weighted by Crippen LogP contribution is -2.44. The van der Waals surface area contributed by atoms with E-state index in [1.54, 1.807) is 19.1 Å². The largest absolute Gasteiger partial charge is 0.490 e. The number of carbonyl (C=O) groups excluding carboxylic acids is 3. The predicted molar refractivity (Wildman–Crippen MR) is 103 cm³/mol. The van der Waals surface area contributed by atoms with Gasteiger partial charge in [0.25, 0.3) is 5.79 Å². The Bertz CT molecular complexity index is 800. The Balaban J connectivity index is 1.93. The van der Waals surface area contributed by atoms with Crippen LogP contribution in [0.3, 0.4) is 0 Å². The van der Waals surface area contributed by atoms with E-state index in [1.807, 2.05) is 22.6 Å². The highest BCUT2D eigenvalue weighted by Gasteiger charge is 2.47. The van der Waals surface area contributed by atoms with Gasteiger partial charge in [-0.05, 0) is 66.1 Å². The van der Waals surface area contributed by atoms with Gasteiger partial charge in [0, 0.05) is 19.8 Å². The molecule has 0 radical (unpaired) electrons. The van der Waals surface area contributed by atoms with Crippen LogP contribution in [-0.4, -0.2) is 30.3 Å². The number of hydrogen-bond acceptors (Lipinski definition) is 7. The maximum atomic E-state index is 12.4. The molecule has 7 nitrogen and oxygen atoms in total. The molecule has 1 spiro atoms. The topological polar surface area (TPSA) is 88.1 Å². The van der Waals surface area contributed by atoms with Crippen molar-refractivity contribution in [1.82, 2.24) is 0 Å². The first kappa shape index (κ1) is 19.7. The van der Waals surface area contributed by atoms with Gasteiger partial charge in [0.15, 0.2) is 11.5 Å². The molecule has 1 aliphatic carbocycles. The van der Waals surface area contributed by atoms with Crippen molar-refractivity contribution in [2.45, 2.75) is 45.3 Å². The van der Waals surface area contributed by atoms with Crippen LogP contribution in [0.5, 0.6) is 11.5 Å². The molecular formula is C19H19IO7. The van der Waals surface area contributed by atoms with Crippen LogP contribution in [0, 0.1) is 3.57 Å².